The molecular formula is C22H21F2N5O. The number of hydrogen-bond donors (Lipinski definition) is 0. The zero-order valence-corrected chi connectivity index (χ0v) is 16.4. The molecule has 6 nitrogen and oxygen atoms in total. The molecule has 3 aliphatic rings. The highest BCUT2D eigenvalue weighted by Gasteiger charge is 2.56. The van der Waals surface area contributed by atoms with Crippen molar-refractivity contribution in [3.8, 4) is 6.07 Å². The number of hydrogen-bond acceptors (Lipinski definition) is 5. The Balaban J connectivity index is 1.34. The molecule has 1 amide bonds. The molecule has 0 unspecified atom stereocenters. The summed E-state index contributed by atoms with van der Waals surface area (Å²) >= 11 is 0. The van der Waals surface area contributed by atoms with Crippen LogP contribution < -0.4 is 4.90 Å². The Morgan fingerprint density at radius 1 is 1.10 bits per heavy atom. The predicted molar refractivity (Wildman–Crippen MR) is 105 cm³/mol. The lowest BCUT2D eigenvalue weighted by Gasteiger charge is -2.38. The van der Waals surface area contributed by atoms with Crippen LogP contribution in [0.3, 0.4) is 0 Å². The average molecular weight is 409 g/mol. The van der Waals surface area contributed by atoms with E-state index in [1.807, 2.05) is 17.1 Å². The van der Waals surface area contributed by atoms with E-state index in [1.165, 1.54) is 12.1 Å². The van der Waals surface area contributed by atoms with Gasteiger partial charge in [0.25, 0.3) is 0 Å². The molecule has 30 heavy (non-hydrogen) atoms. The first kappa shape index (κ1) is 18.9. The fourth-order valence-electron chi connectivity index (χ4n) is 5.06. The van der Waals surface area contributed by atoms with E-state index in [0.717, 1.165) is 11.9 Å². The van der Waals surface area contributed by atoms with E-state index in [-0.39, 0.29) is 11.9 Å². The Morgan fingerprint density at radius 2 is 1.83 bits per heavy atom. The number of nitriles is 1. The third-order valence-electron chi connectivity index (χ3n) is 6.57. The molecule has 0 aliphatic carbocycles. The van der Waals surface area contributed by atoms with Gasteiger partial charge in [0.05, 0.1) is 11.5 Å². The summed E-state index contributed by atoms with van der Waals surface area (Å²) in [6.07, 6.45) is 2.03. The SMILES string of the molecule is N#Cc1cccc(N2CCC3(CC2)CN2CC[C@@H](c4cc(F)cc(F)c4)N2C3=O)n1. The lowest BCUT2D eigenvalue weighted by atomic mass is 9.77. The molecular weight excluding hydrogens is 388 g/mol. The number of benzene rings is 1. The van der Waals surface area contributed by atoms with Gasteiger partial charge in [-0.3, -0.25) is 9.80 Å². The maximum atomic E-state index is 13.7. The molecule has 3 fully saturated rings. The Kier molecular flexibility index (Phi) is 4.44. The molecule has 3 saturated heterocycles. The van der Waals surface area contributed by atoms with Crippen molar-refractivity contribution >= 4 is 11.7 Å². The van der Waals surface area contributed by atoms with Crippen LogP contribution in [0.5, 0.6) is 0 Å². The smallest absolute Gasteiger partial charge is 0.245 e. The molecule has 5 rings (SSSR count). The van der Waals surface area contributed by atoms with Gasteiger partial charge in [-0.15, -0.1) is 0 Å². The van der Waals surface area contributed by atoms with E-state index in [2.05, 4.69) is 16.0 Å². The lowest BCUT2D eigenvalue weighted by Crippen LogP contribution is -2.46. The summed E-state index contributed by atoms with van der Waals surface area (Å²) in [6.45, 7) is 2.69. The van der Waals surface area contributed by atoms with Crippen molar-refractivity contribution in [1.82, 2.24) is 15.0 Å². The minimum absolute atomic E-state index is 0.0491. The summed E-state index contributed by atoms with van der Waals surface area (Å²) in [5.74, 6) is -0.438. The first-order valence-corrected chi connectivity index (χ1v) is 10.2. The number of carbonyl (C=O) groups is 1. The second kappa shape index (κ2) is 7.03. The minimum atomic E-state index is -0.620. The molecule has 1 spiro atoms. The van der Waals surface area contributed by atoms with E-state index in [9.17, 15) is 13.6 Å². The van der Waals surface area contributed by atoms with Crippen LogP contribution in [-0.4, -0.2) is 47.1 Å². The van der Waals surface area contributed by atoms with Crippen molar-refractivity contribution in [3.05, 3.63) is 59.3 Å². The normalized spacial score (nSPS) is 23.1. The number of amides is 1. The highest BCUT2D eigenvalue weighted by molar-refractivity contribution is 5.85. The quantitative estimate of drug-likeness (QED) is 0.763. The summed E-state index contributed by atoms with van der Waals surface area (Å²) in [6, 6.07) is 10.6. The molecule has 8 heteroatoms. The average Bonchev–Trinajstić information content (AvgIpc) is 3.26. The van der Waals surface area contributed by atoms with Gasteiger partial charge in [-0.05, 0) is 49.1 Å². The highest BCUT2D eigenvalue weighted by Crippen LogP contribution is 2.47. The van der Waals surface area contributed by atoms with Crippen LogP contribution in [0.25, 0.3) is 0 Å². The van der Waals surface area contributed by atoms with Gasteiger partial charge in [0.2, 0.25) is 5.91 Å². The lowest BCUT2D eigenvalue weighted by molar-refractivity contribution is -0.143. The van der Waals surface area contributed by atoms with Crippen LogP contribution in [0.1, 0.15) is 36.6 Å². The standard InChI is InChI=1S/C22H21F2N5O/c23-16-10-15(11-17(24)12-16)19-4-7-28-14-22(21(30)29(19)28)5-8-27(9-6-22)20-3-1-2-18(13-25)26-20/h1-3,10-12,19H,4-9,14H2/t19-/m0/s1. The number of pyridine rings is 1. The fourth-order valence-corrected chi connectivity index (χ4v) is 5.06. The molecule has 1 aromatic heterocycles. The maximum Gasteiger partial charge on any atom is 0.245 e. The van der Waals surface area contributed by atoms with Crippen LogP contribution >= 0.6 is 0 Å². The van der Waals surface area contributed by atoms with Crippen molar-refractivity contribution in [2.75, 3.05) is 31.1 Å². The van der Waals surface area contributed by atoms with Gasteiger partial charge >= 0.3 is 0 Å². The first-order chi connectivity index (χ1) is 14.5. The Bertz CT molecular complexity index is 1020. The number of carbonyl (C=O) groups excluding carboxylic acids is 1. The molecule has 0 bridgehead atoms. The minimum Gasteiger partial charge on any atom is -0.357 e. The third kappa shape index (κ3) is 3.01. The van der Waals surface area contributed by atoms with Gasteiger partial charge in [-0.2, -0.15) is 5.26 Å². The molecule has 4 heterocycles. The van der Waals surface area contributed by atoms with E-state index in [0.29, 0.717) is 56.7 Å². The summed E-state index contributed by atoms with van der Waals surface area (Å²) in [5, 5.41) is 12.9. The maximum absolute atomic E-state index is 13.7. The number of rotatable bonds is 2. The molecule has 0 N–H and O–H groups in total. The third-order valence-corrected chi connectivity index (χ3v) is 6.57. The molecule has 0 radical (unpaired) electrons. The van der Waals surface area contributed by atoms with Gasteiger partial charge in [-0.25, -0.2) is 18.8 Å². The molecule has 1 aromatic carbocycles. The van der Waals surface area contributed by atoms with Crippen LogP contribution in [0.2, 0.25) is 0 Å². The predicted octanol–water partition coefficient (Wildman–Crippen LogP) is 3.02. The van der Waals surface area contributed by atoms with Gasteiger partial charge in [0.1, 0.15) is 29.2 Å². The summed E-state index contributed by atoms with van der Waals surface area (Å²) in [7, 11) is 0. The summed E-state index contributed by atoms with van der Waals surface area (Å²) < 4.78 is 27.5. The van der Waals surface area contributed by atoms with Crippen molar-refractivity contribution in [2.45, 2.75) is 25.3 Å². The molecule has 1 atom stereocenters. The van der Waals surface area contributed by atoms with E-state index in [4.69, 9.17) is 5.26 Å². The number of piperidine rings is 1. The van der Waals surface area contributed by atoms with Gasteiger partial charge < -0.3 is 4.90 Å². The largest absolute Gasteiger partial charge is 0.357 e. The van der Waals surface area contributed by atoms with Crippen molar-refractivity contribution in [3.63, 3.8) is 0 Å². The Morgan fingerprint density at radius 3 is 2.53 bits per heavy atom. The first-order valence-electron chi connectivity index (χ1n) is 10.2. The van der Waals surface area contributed by atoms with Gasteiger partial charge in [-0.1, -0.05) is 6.07 Å². The zero-order valence-electron chi connectivity index (χ0n) is 16.4. The van der Waals surface area contributed by atoms with Crippen LogP contribution in [0, 0.1) is 28.4 Å². The van der Waals surface area contributed by atoms with E-state index >= 15 is 0 Å². The Labute approximate surface area is 173 Å². The molecule has 3 aliphatic heterocycles. The monoisotopic (exact) mass is 409 g/mol. The summed E-state index contributed by atoms with van der Waals surface area (Å²) in [4.78, 5) is 20.0. The molecule has 2 aromatic rings. The van der Waals surface area contributed by atoms with Crippen LogP contribution in [0.15, 0.2) is 36.4 Å². The number of hydrazine groups is 1. The van der Waals surface area contributed by atoms with Crippen LogP contribution in [0.4, 0.5) is 14.6 Å². The number of halogens is 2. The van der Waals surface area contributed by atoms with Gasteiger partial charge in [0, 0.05) is 32.2 Å². The van der Waals surface area contributed by atoms with Crippen molar-refractivity contribution in [1.29, 1.82) is 5.26 Å². The van der Waals surface area contributed by atoms with E-state index in [1.54, 1.807) is 11.1 Å². The highest BCUT2D eigenvalue weighted by atomic mass is 19.1. The Hall–Kier alpha value is -3.05. The van der Waals surface area contributed by atoms with Crippen molar-refractivity contribution < 1.29 is 13.6 Å². The van der Waals surface area contributed by atoms with Crippen LogP contribution in [-0.2, 0) is 4.79 Å². The molecule has 154 valence electrons. The number of fused-ring (bicyclic) bond motifs is 1. The van der Waals surface area contributed by atoms with E-state index < -0.39 is 17.0 Å². The summed E-state index contributed by atoms with van der Waals surface area (Å²) in [5.41, 5.74) is 0.408. The second-order valence-corrected chi connectivity index (χ2v) is 8.31. The zero-order chi connectivity index (χ0) is 20.9. The number of aromatic nitrogens is 1. The van der Waals surface area contributed by atoms with Crippen molar-refractivity contribution in [2.24, 2.45) is 5.41 Å². The second-order valence-electron chi connectivity index (χ2n) is 8.31. The van der Waals surface area contributed by atoms with Gasteiger partial charge in [0.15, 0.2) is 0 Å². The number of nitrogens with zero attached hydrogens (tertiary/aromatic N) is 5. The number of anilines is 1. The topological polar surface area (TPSA) is 63.5 Å². The molecule has 0 saturated carbocycles. The fraction of sp³-hybridized carbons (Fsp3) is 0.409.